The molecule has 0 aromatic heterocycles. The fourth-order valence-corrected chi connectivity index (χ4v) is 1.28. The third-order valence-electron chi connectivity index (χ3n) is 1.83. The maximum atomic E-state index is 12.9. The van der Waals surface area contributed by atoms with Crippen LogP contribution in [0.3, 0.4) is 0 Å². The Bertz CT molecular complexity index is 409. The van der Waals surface area contributed by atoms with Gasteiger partial charge in [0.1, 0.15) is 11.6 Å². The van der Waals surface area contributed by atoms with E-state index in [2.05, 4.69) is 5.32 Å². The maximum Gasteiger partial charge on any atom is 0.255 e. The van der Waals surface area contributed by atoms with Crippen LogP contribution >= 0.6 is 11.6 Å². The molecule has 0 saturated carbocycles. The van der Waals surface area contributed by atoms with E-state index in [0.29, 0.717) is 0 Å². The van der Waals surface area contributed by atoms with Gasteiger partial charge >= 0.3 is 0 Å². The second kappa shape index (κ2) is 5.14. The van der Waals surface area contributed by atoms with Gasteiger partial charge in [0.25, 0.3) is 5.91 Å². The summed E-state index contributed by atoms with van der Waals surface area (Å²) in [4.78, 5) is 11.5. The number of hydrogen-bond acceptors (Lipinski definition) is 3. The number of rotatable bonds is 3. The van der Waals surface area contributed by atoms with E-state index in [-0.39, 0.29) is 17.1 Å². The molecule has 1 amide bonds. The predicted molar refractivity (Wildman–Crippen MR) is 57.1 cm³/mol. The zero-order valence-corrected chi connectivity index (χ0v) is 9.25. The Labute approximate surface area is 96.7 Å². The lowest BCUT2D eigenvalue weighted by atomic mass is 10.2. The van der Waals surface area contributed by atoms with Gasteiger partial charge in [-0.1, -0.05) is 11.6 Å². The Hall–Kier alpha value is -1.33. The number of halogens is 2. The van der Waals surface area contributed by atoms with Gasteiger partial charge < -0.3 is 15.5 Å². The highest BCUT2D eigenvalue weighted by atomic mass is 35.5. The monoisotopic (exact) mass is 247 g/mol. The number of phenolic OH excluding ortho intramolecular Hbond substituents is 1. The van der Waals surface area contributed by atoms with E-state index in [4.69, 9.17) is 16.7 Å². The smallest absolute Gasteiger partial charge is 0.255 e. The average molecular weight is 248 g/mol. The number of nitrogens with one attached hydrogen (secondary N) is 1. The number of benzene rings is 1. The van der Waals surface area contributed by atoms with Crippen molar-refractivity contribution < 1.29 is 19.4 Å². The normalized spacial score (nSPS) is 12.2. The number of carbonyl (C=O) groups is 1. The van der Waals surface area contributed by atoms with Crippen LogP contribution in [0, 0.1) is 5.82 Å². The molecule has 16 heavy (non-hydrogen) atoms. The van der Waals surface area contributed by atoms with Crippen molar-refractivity contribution in [3.05, 3.63) is 28.5 Å². The van der Waals surface area contributed by atoms with Crippen molar-refractivity contribution in [3.63, 3.8) is 0 Å². The van der Waals surface area contributed by atoms with Crippen LogP contribution in [0.15, 0.2) is 12.1 Å². The molecular formula is C10H11ClFNO3. The van der Waals surface area contributed by atoms with Crippen LogP contribution in [0.4, 0.5) is 4.39 Å². The van der Waals surface area contributed by atoms with Gasteiger partial charge in [-0.3, -0.25) is 4.79 Å². The third kappa shape index (κ3) is 3.08. The van der Waals surface area contributed by atoms with Crippen molar-refractivity contribution in [3.8, 4) is 5.75 Å². The van der Waals surface area contributed by atoms with Gasteiger partial charge in [-0.15, -0.1) is 0 Å². The molecule has 88 valence electrons. The number of aliphatic hydroxyl groups excluding tert-OH is 1. The molecule has 1 rings (SSSR count). The van der Waals surface area contributed by atoms with Crippen LogP contribution in [0.25, 0.3) is 0 Å². The summed E-state index contributed by atoms with van der Waals surface area (Å²) in [5, 5.41) is 20.5. The molecule has 0 bridgehead atoms. The highest BCUT2D eigenvalue weighted by Gasteiger charge is 2.15. The highest BCUT2D eigenvalue weighted by molar-refractivity contribution is 6.32. The molecule has 0 aliphatic carbocycles. The van der Waals surface area contributed by atoms with Crippen LogP contribution in [0.1, 0.15) is 17.3 Å². The minimum absolute atomic E-state index is 0.00635. The first kappa shape index (κ1) is 12.7. The van der Waals surface area contributed by atoms with Crippen LogP contribution in [0.5, 0.6) is 5.75 Å². The quantitative estimate of drug-likeness (QED) is 0.754. The zero-order valence-electron chi connectivity index (χ0n) is 8.50. The van der Waals surface area contributed by atoms with E-state index in [1.807, 2.05) is 0 Å². The Morgan fingerprint density at radius 1 is 1.62 bits per heavy atom. The number of amides is 1. The second-order valence-corrected chi connectivity index (χ2v) is 3.75. The summed E-state index contributed by atoms with van der Waals surface area (Å²) in [6.07, 6.45) is -0.727. The van der Waals surface area contributed by atoms with Crippen molar-refractivity contribution in [2.75, 3.05) is 6.54 Å². The Morgan fingerprint density at radius 3 is 2.81 bits per heavy atom. The number of carbonyl (C=O) groups excluding carboxylic acids is 1. The van der Waals surface area contributed by atoms with Crippen molar-refractivity contribution in [1.82, 2.24) is 5.32 Å². The molecule has 3 N–H and O–H groups in total. The minimum atomic E-state index is -0.727. The van der Waals surface area contributed by atoms with E-state index >= 15 is 0 Å². The summed E-state index contributed by atoms with van der Waals surface area (Å²) in [5.41, 5.74) is -0.259. The van der Waals surface area contributed by atoms with Crippen LogP contribution < -0.4 is 5.32 Å². The lowest BCUT2D eigenvalue weighted by Crippen LogP contribution is -2.30. The molecule has 1 aromatic rings. The number of aromatic hydroxyl groups is 1. The minimum Gasteiger partial charge on any atom is -0.506 e. The zero-order chi connectivity index (χ0) is 12.3. The van der Waals surface area contributed by atoms with Crippen molar-refractivity contribution in [2.45, 2.75) is 13.0 Å². The standard InChI is InChI=1S/C10H11ClFNO3/c1-5(14)4-13-10(16)7-2-6(12)3-8(11)9(7)15/h2-3,5,14-15H,4H2,1H3,(H,13,16). The fraction of sp³-hybridized carbons (Fsp3) is 0.300. The summed E-state index contributed by atoms with van der Waals surface area (Å²) in [5.74, 6) is -1.89. The van der Waals surface area contributed by atoms with Gasteiger partial charge in [0.2, 0.25) is 0 Å². The van der Waals surface area contributed by atoms with Crippen LogP contribution in [-0.4, -0.2) is 28.8 Å². The molecule has 0 saturated heterocycles. The summed E-state index contributed by atoms with van der Waals surface area (Å²) >= 11 is 5.51. The molecule has 0 heterocycles. The van der Waals surface area contributed by atoms with E-state index in [1.54, 1.807) is 0 Å². The molecule has 1 unspecified atom stereocenters. The summed E-state index contributed by atoms with van der Waals surface area (Å²) < 4.78 is 12.9. The van der Waals surface area contributed by atoms with Crippen molar-refractivity contribution in [1.29, 1.82) is 0 Å². The Kier molecular flexibility index (Phi) is 4.09. The molecular weight excluding hydrogens is 237 g/mol. The van der Waals surface area contributed by atoms with Crippen molar-refractivity contribution in [2.24, 2.45) is 0 Å². The second-order valence-electron chi connectivity index (χ2n) is 3.34. The van der Waals surface area contributed by atoms with Gasteiger partial charge in [0.05, 0.1) is 16.7 Å². The van der Waals surface area contributed by atoms with Gasteiger partial charge in [0.15, 0.2) is 0 Å². The Morgan fingerprint density at radius 2 is 2.25 bits per heavy atom. The van der Waals surface area contributed by atoms with Crippen LogP contribution in [-0.2, 0) is 0 Å². The molecule has 0 fully saturated rings. The van der Waals surface area contributed by atoms with Gasteiger partial charge in [-0.05, 0) is 19.1 Å². The highest BCUT2D eigenvalue weighted by Crippen LogP contribution is 2.28. The summed E-state index contributed by atoms with van der Waals surface area (Å²) in [6, 6.07) is 1.78. The molecule has 6 heteroatoms. The molecule has 0 aliphatic rings. The molecule has 1 atom stereocenters. The van der Waals surface area contributed by atoms with Gasteiger partial charge in [-0.2, -0.15) is 0 Å². The lowest BCUT2D eigenvalue weighted by Gasteiger charge is -2.09. The largest absolute Gasteiger partial charge is 0.506 e. The molecule has 0 radical (unpaired) electrons. The first-order valence-electron chi connectivity index (χ1n) is 4.56. The van der Waals surface area contributed by atoms with E-state index in [1.165, 1.54) is 6.92 Å². The average Bonchev–Trinajstić information content (AvgIpc) is 2.19. The number of hydrogen-bond donors (Lipinski definition) is 3. The first-order valence-corrected chi connectivity index (χ1v) is 4.94. The SMILES string of the molecule is CC(O)CNC(=O)c1cc(F)cc(Cl)c1O. The number of phenols is 1. The maximum absolute atomic E-state index is 12.9. The third-order valence-corrected chi connectivity index (χ3v) is 2.12. The molecule has 0 spiro atoms. The van der Waals surface area contributed by atoms with Gasteiger partial charge in [0, 0.05) is 6.54 Å². The predicted octanol–water partition coefficient (Wildman–Crippen LogP) is 1.30. The van der Waals surface area contributed by atoms with E-state index in [0.717, 1.165) is 12.1 Å². The van der Waals surface area contributed by atoms with E-state index < -0.39 is 23.6 Å². The molecule has 4 nitrogen and oxygen atoms in total. The van der Waals surface area contributed by atoms with Crippen molar-refractivity contribution >= 4 is 17.5 Å². The van der Waals surface area contributed by atoms with Gasteiger partial charge in [-0.25, -0.2) is 4.39 Å². The molecule has 0 aliphatic heterocycles. The fourth-order valence-electron chi connectivity index (χ4n) is 1.07. The topological polar surface area (TPSA) is 69.6 Å². The van der Waals surface area contributed by atoms with Crippen LogP contribution in [0.2, 0.25) is 5.02 Å². The molecule has 1 aromatic carbocycles. The first-order chi connectivity index (χ1) is 7.41. The van der Waals surface area contributed by atoms with E-state index in [9.17, 15) is 14.3 Å². The summed E-state index contributed by atoms with van der Waals surface area (Å²) in [7, 11) is 0. The lowest BCUT2D eigenvalue weighted by molar-refractivity contribution is 0.0921. The number of aliphatic hydroxyl groups is 1. The Balaban J connectivity index is 2.91. The summed E-state index contributed by atoms with van der Waals surface area (Å²) in [6.45, 7) is 1.49.